The molecule has 0 aliphatic heterocycles. The fourth-order valence-corrected chi connectivity index (χ4v) is 3.19. The van der Waals surface area contributed by atoms with E-state index in [1.54, 1.807) is 0 Å². The van der Waals surface area contributed by atoms with Crippen LogP contribution >= 0.6 is 0 Å². The number of ether oxygens (including phenoxy) is 1. The van der Waals surface area contributed by atoms with Crippen molar-refractivity contribution in [2.75, 3.05) is 13.2 Å². The summed E-state index contributed by atoms with van der Waals surface area (Å²) in [6.07, 6.45) is 2.45. The van der Waals surface area contributed by atoms with Gasteiger partial charge in [-0.05, 0) is 25.3 Å². The zero-order valence-corrected chi connectivity index (χ0v) is 12.8. The first kappa shape index (κ1) is 15.5. The van der Waals surface area contributed by atoms with Crippen LogP contribution in [0.1, 0.15) is 45.2 Å². The molecule has 1 aliphatic carbocycles. The van der Waals surface area contributed by atoms with Gasteiger partial charge in [0.05, 0.1) is 18.8 Å². The second-order valence-electron chi connectivity index (χ2n) is 5.90. The third kappa shape index (κ3) is 2.90. The molecule has 4 atom stereocenters. The minimum absolute atomic E-state index is 0.00894. The molecule has 112 valence electrons. The highest BCUT2D eigenvalue weighted by Crippen LogP contribution is 2.46. The van der Waals surface area contributed by atoms with Crippen molar-refractivity contribution in [1.29, 1.82) is 0 Å². The lowest BCUT2D eigenvalue weighted by Gasteiger charge is -2.54. The van der Waals surface area contributed by atoms with Gasteiger partial charge in [0.15, 0.2) is 0 Å². The van der Waals surface area contributed by atoms with Gasteiger partial charge in [-0.3, -0.25) is 0 Å². The zero-order chi connectivity index (χ0) is 14.6. The van der Waals surface area contributed by atoms with E-state index in [-0.39, 0.29) is 18.1 Å². The molecule has 3 heteroatoms. The predicted molar refractivity (Wildman–Crippen MR) is 81.6 cm³/mol. The van der Waals surface area contributed by atoms with Gasteiger partial charge in [0.25, 0.3) is 0 Å². The van der Waals surface area contributed by atoms with E-state index in [0.717, 1.165) is 25.0 Å². The van der Waals surface area contributed by atoms with Crippen LogP contribution in [0.25, 0.3) is 0 Å². The maximum atomic E-state index is 9.67. The van der Waals surface area contributed by atoms with Gasteiger partial charge < -0.3 is 15.2 Å². The predicted octanol–water partition coefficient (Wildman–Crippen LogP) is 2.90. The van der Waals surface area contributed by atoms with E-state index < -0.39 is 0 Å². The summed E-state index contributed by atoms with van der Waals surface area (Å²) in [5.74, 6) is 0. The summed E-state index contributed by atoms with van der Waals surface area (Å²) >= 11 is 0. The number of nitrogens with one attached hydrogen (secondary N) is 1. The second-order valence-corrected chi connectivity index (χ2v) is 5.90. The van der Waals surface area contributed by atoms with Gasteiger partial charge in [-0.1, -0.05) is 44.2 Å². The molecule has 20 heavy (non-hydrogen) atoms. The standard InChI is InChI=1S/C17H27NO2/c1-4-17(3)15(11-16(17)20-5-2)18-14(12-19)13-9-7-6-8-10-13/h6-10,14-16,18-19H,4-5,11-12H2,1-3H3/t14-,15?,16?,17?/m0/s1. The molecule has 0 bridgehead atoms. The van der Waals surface area contributed by atoms with Crippen LogP contribution in [0.15, 0.2) is 30.3 Å². The van der Waals surface area contributed by atoms with Gasteiger partial charge in [0.2, 0.25) is 0 Å². The van der Waals surface area contributed by atoms with Gasteiger partial charge in [-0.25, -0.2) is 0 Å². The first-order valence-electron chi connectivity index (χ1n) is 7.69. The lowest BCUT2D eigenvalue weighted by Crippen LogP contribution is -2.62. The van der Waals surface area contributed by atoms with E-state index in [2.05, 4.69) is 38.2 Å². The normalized spacial score (nSPS) is 30.8. The lowest BCUT2D eigenvalue weighted by molar-refractivity contribution is -0.129. The average molecular weight is 277 g/mol. The number of aliphatic hydroxyl groups excluding tert-OH is 1. The lowest BCUT2D eigenvalue weighted by atomic mass is 9.61. The highest BCUT2D eigenvalue weighted by atomic mass is 16.5. The molecule has 0 spiro atoms. The van der Waals surface area contributed by atoms with Crippen molar-refractivity contribution in [2.45, 2.75) is 51.8 Å². The SMILES string of the molecule is CCOC1CC(N[C@@H](CO)c2ccccc2)C1(C)CC. The van der Waals surface area contributed by atoms with Crippen molar-refractivity contribution in [3.63, 3.8) is 0 Å². The highest BCUT2D eigenvalue weighted by Gasteiger charge is 2.51. The molecule has 0 amide bonds. The summed E-state index contributed by atoms with van der Waals surface area (Å²) in [5.41, 5.74) is 1.31. The minimum atomic E-state index is 0.00894. The third-order valence-corrected chi connectivity index (χ3v) is 4.90. The first-order chi connectivity index (χ1) is 9.65. The zero-order valence-electron chi connectivity index (χ0n) is 12.8. The van der Waals surface area contributed by atoms with E-state index in [1.807, 2.05) is 18.2 Å². The summed E-state index contributed by atoms with van der Waals surface area (Å²) in [5, 5.41) is 13.3. The molecular formula is C17H27NO2. The molecule has 0 heterocycles. The van der Waals surface area contributed by atoms with Gasteiger partial charge >= 0.3 is 0 Å². The van der Waals surface area contributed by atoms with Gasteiger partial charge in [-0.2, -0.15) is 0 Å². The number of benzene rings is 1. The van der Waals surface area contributed by atoms with Crippen molar-refractivity contribution in [1.82, 2.24) is 5.32 Å². The molecular weight excluding hydrogens is 250 g/mol. The Hall–Kier alpha value is -0.900. The third-order valence-electron chi connectivity index (χ3n) is 4.90. The van der Waals surface area contributed by atoms with Gasteiger partial charge in [0, 0.05) is 18.1 Å². The Balaban J connectivity index is 2.02. The number of rotatable bonds is 7. The van der Waals surface area contributed by atoms with Crippen LogP contribution in [-0.2, 0) is 4.74 Å². The summed E-state index contributed by atoms with van der Waals surface area (Å²) in [6, 6.07) is 10.6. The Morgan fingerprint density at radius 1 is 1.35 bits per heavy atom. The average Bonchev–Trinajstić information content (AvgIpc) is 2.50. The Morgan fingerprint density at radius 2 is 2.05 bits per heavy atom. The largest absolute Gasteiger partial charge is 0.394 e. The van der Waals surface area contributed by atoms with Crippen molar-refractivity contribution in [3.8, 4) is 0 Å². The van der Waals surface area contributed by atoms with E-state index in [9.17, 15) is 5.11 Å². The summed E-state index contributed by atoms with van der Waals surface area (Å²) in [6.45, 7) is 7.45. The molecule has 1 aromatic rings. The van der Waals surface area contributed by atoms with E-state index in [1.165, 1.54) is 0 Å². The highest BCUT2D eigenvalue weighted by molar-refractivity contribution is 5.20. The Morgan fingerprint density at radius 3 is 2.60 bits per heavy atom. The summed E-state index contributed by atoms with van der Waals surface area (Å²) in [4.78, 5) is 0. The monoisotopic (exact) mass is 277 g/mol. The van der Waals surface area contributed by atoms with E-state index in [0.29, 0.717) is 12.1 Å². The molecule has 0 aromatic heterocycles. The molecule has 0 radical (unpaired) electrons. The molecule has 1 fully saturated rings. The van der Waals surface area contributed by atoms with Crippen LogP contribution < -0.4 is 5.32 Å². The minimum Gasteiger partial charge on any atom is -0.394 e. The summed E-state index contributed by atoms with van der Waals surface area (Å²) < 4.78 is 5.83. The Bertz CT molecular complexity index is 409. The van der Waals surface area contributed by atoms with Crippen molar-refractivity contribution in [3.05, 3.63) is 35.9 Å². The van der Waals surface area contributed by atoms with Crippen LogP contribution in [0.4, 0.5) is 0 Å². The van der Waals surface area contributed by atoms with Crippen molar-refractivity contribution < 1.29 is 9.84 Å². The van der Waals surface area contributed by atoms with E-state index >= 15 is 0 Å². The second kappa shape index (κ2) is 6.70. The Labute approximate surface area is 122 Å². The van der Waals surface area contributed by atoms with Crippen molar-refractivity contribution >= 4 is 0 Å². The molecule has 2 rings (SSSR count). The number of hydrogen-bond donors (Lipinski definition) is 2. The topological polar surface area (TPSA) is 41.5 Å². The van der Waals surface area contributed by atoms with Crippen LogP contribution in [0, 0.1) is 5.41 Å². The van der Waals surface area contributed by atoms with Crippen LogP contribution in [0.2, 0.25) is 0 Å². The maximum absolute atomic E-state index is 9.67. The maximum Gasteiger partial charge on any atom is 0.0658 e. The smallest absolute Gasteiger partial charge is 0.0658 e. The van der Waals surface area contributed by atoms with Gasteiger partial charge in [0.1, 0.15) is 0 Å². The van der Waals surface area contributed by atoms with Crippen molar-refractivity contribution in [2.24, 2.45) is 5.41 Å². The fraction of sp³-hybridized carbons (Fsp3) is 0.647. The van der Waals surface area contributed by atoms with Crippen LogP contribution in [0.3, 0.4) is 0 Å². The molecule has 3 nitrogen and oxygen atoms in total. The molecule has 3 unspecified atom stereocenters. The van der Waals surface area contributed by atoms with E-state index in [4.69, 9.17) is 4.74 Å². The number of hydrogen-bond acceptors (Lipinski definition) is 3. The number of aliphatic hydroxyl groups is 1. The molecule has 2 N–H and O–H groups in total. The molecule has 1 saturated carbocycles. The quantitative estimate of drug-likeness (QED) is 0.805. The molecule has 1 aromatic carbocycles. The first-order valence-corrected chi connectivity index (χ1v) is 7.69. The fourth-order valence-electron chi connectivity index (χ4n) is 3.19. The van der Waals surface area contributed by atoms with Crippen LogP contribution in [0.5, 0.6) is 0 Å². The Kier molecular flexibility index (Phi) is 5.19. The van der Waals surface area contributed by atoms with Gasteiger partial charge in [-0.15, -0.1) is 0 Å². The summed E-state index contributed by atoms with van der Waals surface area (Å²) in [7, 11) is 0. The molecule has 1 aliphatic rings. The van der Waals surface area contributed by atoms with Crippen LogP contribution in [-0.4, -0.2) is 30.5 Å². The molecule has 0 saturated heterocycles.